The van der Waals surface area contributed by atoms with E-state index >= 15 is 0 Å². The summed E-state index contributed by atoms with van der Waals surface area (Å²) in [5.74, 6) is 1.37. The number of β-amino-alcohol motifs (C(OH)–C–C–N with tert-alkyl or cyclic N) is 1. The molecule has 0 aliphatic carbocycles. The Hall–Kier alpha value is -1.88. The lowest BCUT2D eigenvalue weighted by molar-refractivity contribution is -0.116. The maximum absolute atomic E-state index is 12.5. The van der Waals surface area contributed by atoms with E-state index in [1.165, 1.54) is 18.1 Å². The normalized spacial score (nSPS) is 22.8. The number of carbonyl (C=O) groups is 1. The Balaban J connectivity index is 0.00000196. The van der Waals surface area contributed by atoms with Gasteiger partial charge in [0.1, 0.15) is 6.33 Å². The summed E-state index contributed by atoms with van der Waals surface area (Å²) in [5.41, 5.74) is 1.36. The first-order valence-corrected chi connectivity index (χ1v) is 9.14. The van der Waals surface area contributed by atoms with Crippen molar-refractivity contribution < 1.29 is 9.90 Å². The number of aromatic nitrogens is 4. The molecule has 4 heterocycles. The Morgan fingerprint density at radius 3 is 3.12 bits per heavy atom. The van der Waals surface area contributed by atoms with Gasteiger partial charge < -0.3 is 25.6 Å². The molecular formula is C15H20ClN7O2S. The number of halogens is 1. The highest BCUT2D eigenvalue weighted by Gasteiger charge is 2.24. The number of nitrogens with zero attached hydrogens (tertiary/aromatic N) is 4. The molecular weight excluding hydrogens is 378 g/mol. The predicted molar refractivity (Wildman–Crippen MR) is 102 cm³/mol. The Labute approximate surface area is 160 Å². The zero-order valence-electron chi connectivity index (χ0n) is 13.9. The topological polar surface area (TPSA) is 119 Å². The van der Waals surface area contributed by atoms with Crippen molar-refractivity contribution in [1.82, 2.24) is 30.6 Å². The number of aromatic amines is 1. The van der Waals surface area contributed by atoms with E-state index in [-0.39, 0.29) is 30.5 Å². The Bertz CT molecular complexity index is 814. The second-order valence-corrected chi connectivity index (χ2v) is 7.17. The highest BCUT2D eigenvalue weighted by molar-refractivity contribution is 8.04. The number of imidazole rings is 1. The van der Waals surface area contributed by atoms with Crippen molar-refractivity contribution in [2.24, 2.45) is 0 Å². The number of hydrogen-bond donors (Lipinski definition) is 4. The molecule has 2 atom stereocenters. The zero-order chi connectivity index (χ0) is 17.2. The minimum Gasteiger partial charge on any atom is -0.392 e. The fraction of sp³-hybridized carbons (Fsp3) is 0.467. The highest BCUT2D eigenvalue weighted by atomic mass is 35.5. The van der Waals surface area contributed by atoms with Crippen LogP contribution >= 0.6 is 24.2 Å². The van der Waals surface area contributed by atoms with Gasteiger partial charge in [0, 0.05) is 37.6 Å². The van der Waals surface area contributed by atoms with Crippen LogP contribution in [0.2, 0.25) is 0 Å². The van der Waals surface area contributed by atoms with Crippen LogP contribution < -0.4 is 15.5 Å². The van der Waals surface area contributed by atoms with Gasteiger partial charge in [-0.15, -0.1) is 24.2 Å². The number of anilines is 1. The SMILES string of the molecule is Cl.O=C(NC[C@H]1C[C@@H](O)CN1)C1=CN(c2ncnc3[nH]cnc23)CCS1. The molecule has 0 spiro atoms. The standard InChI is InChI=1S/C15H19N7O2S.ClH/c23-10-3-9(16-5-10)4-17-15(24)11-6-22(1-2-25-11)14-12-13(19-7-18-12)20-8-21-14;/h6-10,16,23H,1-5H2,(H,17,24)(H,18,19,20,21);1H/t9-,10-;/m1./s1. The molecule has 4 N–H and O–H groups in total. The van der Waals surface area contributed by atoms with Gasteiger partial charge >= 0.3 is 0 Å². The quantitative estimate of drug-likeness (QED) is 0.569. The lowest BCUT2D eigenvalue weighted by Gasteiger charge is -2.25. The molecule has 2 aliphatic heterocycles. The average Bonchev–Trinajstić information content (AvgIpc) is 3.28. The molecule has 4 rings (SSSR count). The number of carbonyl (C=O) groups excluding carboxylic acids is 1. The van der Waals surface area contributed by atoms with Crippen LogP contribution in [0.5, 0.6) is 0 Å². The maximum Gasteiger partial charge on any atom is 0.259 e. The largest absolute Gasteiger partial charge is 0.392 e. The average molecular weight is 398 g/mol. The first kappa shape index (κ1) is 18.9. The van der Waals surface area contributed by atoms with Gasteiger partial charge in [0.15, 0.2) is 17.0 Å². The molecule has 0 unspecified atom stereocenters. The Kier molecular flexibility index (Phi) is 5.97. The monoisotopic (exact) mass is 397 g/mol. The number of rotatable bonds is 4. The van der Waals surface area contributed by atoms with Crippen LogP contribution in [-0.2, 0) is 4.79 Å². The van der Waals surface area contributed by atoms with Crippen molar-refractivity contribution in [3.8, 4) is 0 Å². The smallest absolute Gasteiger partial charge is 0.259 e. The molecule has 2 aromatic heterocycles. The van der Waals surface area contributed by atoms with E-state index in [0.29, 0.717) is 41.4 Å². The molecule has 0 bridgehead atoms. The van der Waals surface area contributed by atoms with Crippen LogP contribution in [0, 0.1) is 0 Å². The zero-order valence-corrected chi connectivity index (χ0v) is 15.5. The van der Waals surface area contributed by atoms with Crippen LogP contribution in [-0.4, -0.2) is 68.5 Å². The van der Waals surface area contributed by atoms with E-state index < -0.39 is 0 Å². The Morgan fingerprint density at radius 1 is 1.42 bits per heavy atom. The van der Waals surface area contributed by atoms with E-state index in [1.807, 2.05) is 11.1 Å². The van der Waals surface area contributed by atoms with Gasteiger partial charge in [-0.3, -0.25) is 4.79 Å². The van der Waals surface area contributed by atoms with E-state index in [2.05, 4.69) is 30.6 Å². The van der Waals surface area contributed by atoms with Gasteiger partial charge in [-0.1, -0.05) is 0 Å². The third-order valence-electron chi connectivity index (χ3n) is 4.26. The number of fused-ring (bicyclic) bond motifs is 1. The molecule has 11 heteroatoms. The van der Waals surface area contributed by atoms with E-state index in [9.17, 15) is 9.90 Å². The number of aliphatic hydroxyl groups excluding tert-OH is 1. The van der Waals surface area contributed by atoms with Crippen molar-refractivity contribution in [3.05, 3.63) is 23.8 Å². The van der Waals surface area contributed by atoms with Crippen LogP contribution in [0.25, 0.3) is 11.2 Å². The molecule has 9 nitrogen and oxygen atoms in total. The first-order valence-electron chi connectivity index (χ1n) is 8.15. The number of H-pyrrole nitrogens is 1. The number of nitrogens with one attached hydrogen (secondary N) is 3. The molecule has 140 valence electrons. The summed E-state index contributed by atoms with van der Waals surface area (Å²) in [6, 6.07) is 0.120. The van der Waals surface area contributed by atoms with Gasteiger partial charge in [0.25, 0.3) is 5.91 Å². The molecule has 0 radical (unpaired) electrons. The number of thioether (sulfide) groups is 1. The van der Waals surface area contributed by atoms with Crippen LogP contribution in [0.1, 0.15) is 6.42 Å². The lowest BCUT2D eigenvalue weighted by Crippen LogP contribution is -2.38. The van der Waals surface area contributed by atoms with E-state index in [1.54, 1.807) is 6.33 Å². The predicted octanol–water partition coefficient (Wildman–Crippen LogP) is 0.00830. The van der Waals surface area contributed by atoms with Gasteiger partial charge in [-0.2, -0.15) is 0 Å². The summed E-state index contributed by atoms with van der Waals surface area (Å²) in [7, 11) is 0. The van der Waals surface area contributed by atoms with Crippen molar-refractivity contribution in [2.75, 3.05) is 30.3 Å². The number of aliphatic hydroxyl groups is 1. The molecule has 26 heavy (non-hydrogen) atoms. The third-order valence-corrected chi connectivity index (χ3v) is 5.25. The van der Waals surface area contributed by atoms with Gasteiger partial charge in [0.2, 0.25) is 0 Å². The van der Waals surface area contributed by atoms with Crippen molar-refractivity contribution in [1.29, 1.82) is 0 Å². The second kappa shape index (κ2) is 8.21. The van der Waals surface area contributed by atoms with E-state index in [0.717, 1.165) is 12.3 Å². The number of hydrogen-bond acceptors (Lipinski definition) is 8. The summed E-state index contributed by atoms with van der Waals surface area (Å²) in [6.07, 6.45) is 5.23. The molecule has 1 saturated heterocycles. The molecule has 1 fully saturated rings. The van der Waals surface area contributed by atoms with Crippen molar-refractivity contribution in [2.45, 2.75) is 18.6 Å². The third kappa shape index (κ3) is 3.93. The van der Waals surface area contributed by atoms with Crippen molar-refractivity contribution in [3.63, 3.8) is 0 Å². The minimum absolute atomic E-state index is 0. The van der Waals surface area contributed by atoms with Crippen molar-refractivity contribution >= 4 is 47.1 Å². The fourth-order valence-electron chi connectivity index (χ4n) is 3.01. The molecule has 2 aliphatic rings. The second-order valence-electron chi connectivity index (χ2n) is 6.04. The lowest BCUT2D eigenvalue weighted by atomic mass is 10.2. The van der Waals surface area contributed by atoms with Gasteiger partial charge in [-0.05, 0) is 6.42 Å². The van der Waals surface area contributed by atoms with Crippen LogP contribution in [0.3, 0.4) is 0 Å². The molecule has 1 amide bonds. The van der Waals surface area contributed by atoms with Crippen LogP contribution in [0.15, 0.2) is 23.8 Å². The Morgan fingerprint density at radius 2 is 2.31 bits per heavy atom. The van der Waals surface area contributed by atoms with Gasteiger partial charge in [-0.25, -0.2) is 15.0 Å². The summed E-state index contributed by atoms with van der Waals surface area (Å²) in [4.78, 5) is 30.7. The van der Waals surface area contributed by atoms with E-state index in [4.69, 9.17) is 0 Å². The summed E-state index contributed by atoms with van der Waals surface area (Å²) >= 11 is 1.53. The van der Waals surface area contributed by atoms with Gasteiger partial charge in [0.05, 0.1) is 17.3 Å². The summed E-state index contributed by atoms with van der Waals surface area (Å²) in [6.45, 7) is 1.83. The molecule has 0 saturated carbocycles. The first-order chi connectivity index (χ1) is 12.2. The number of amides is 1. The molecule has 2 aromatic rings. The van der Waals surface area contributed by atoms with Crippen LogP contribution in [0.4, 0.5) is 5.82 Å². The fourth-order valence-corrected chi connectivity index (χ4v) is 3.92. The summed E-state index contributed by atoms with van der Waals surface area (Å²) < 4.78 is 0. The summed E-state index contributed by atoms with van der Waals surface area (Å²) in [5, 5.41) is 15.6. The highest BCUT2D eigenvalue weighted by Crippen LogP contribution is 2.27. The minimum atomic E-state index is -0.324. The molecule has 0 aromatic carbocycles. The maximum atomic E-state index is 12.5.